The molecule has 5 N–H and O–H groups in total. The molecular formula is C51H58F10N10O8. The molecule has 2 saturated heterocycles. The second kappa shape index (κ2) is 25.3. The van der Waals surface area contributed by atoms with Gasteiger partial charge in [-0.1, -0.05) is 24.0 Å². The average molecular weight is 1130 g/mol. The van der Waals surface area contributed by atoms with Crippen molar-refractivity contribution in [2.24, 2.45) is 10.8 Å². The number of nitrogens with zero attached hydrogens (tertiary/aromatic N) is 6. The normalized spacial score (nSPS) is 16.9. The number of anilines is 1. The van der Waals surface area contributed by atoms with Crippen molar-refractivity contribution >= 4 is 29.8 Å². The van der Waals surface area contributed by atoms with E-state index < -0.39 is 115 Å². The van der Waals surface area contributed by atoms with Gasteiger partial charge in [0.2, 0.25) is 5.91 Å². The number of carbonyl (C=O) groups excluding carboxylic acids is 4. The quantitative estimate of drug-likeness (QED) is 0.0436. The zero-order chi connectivity index (χ0) is 58.2. The van der Waals surface area contributed by atoms with Crippen molar-refractivity contribution in [1.82, 2.24) is 46.0 Å². The van der Waals surface area contributed by atoms with E-state index in [1.807, 2.05) is 16.8 Å². The molecule has 18 nitrogen and oxygen atoms in total. The largest absolute Gasteiger partial charge is 0.453 e. The highest BCUT2D eigenvalue weighted by Gasteiger charge is 2.57. The van der Waals surface area contributed by atoms with Crippen molar-refractivity contribution in [1.29, 1.82) is 0 Å². The molecule has 5 atom stereocenters. The van der Waals surface area contributed by atoms with Gasteiger partial charge in [-0.2, -0.15) is 40.2 Å². The van der Waals surface area contributed by atoms with Crippen molar-refractivity contribution < 1.29 is 82.4 Å². The molecule has 2 fully saturated rings. The second-order valence-electron chi connectivity index (χ2n) is 19.8. The Hall–Kier alpha value is -7.22. The van der Waals surface area contributed by atoms with Crippen molar-refractivity contribution in [3.63, 3.8) is 0 Å². The van der Waals surface area contributed by atoms with Crippen molar-refractivity contribution in [2.45, 2.75) is 89.8 Å². The van der Waals surface area contributed by atoms with Crippen LogP contribution in [0.4, 0.5) is 59.3 Å². The Kier molecular flexibility index (Phi) is 19.5. The summed E-state index contributed by atoms with van der Waals surface area (Å²) in [5, 5.41) is 22.0. The maximum atomic E-state index is 16.0. The molecule has 0 saturated carbocycles. The van der Waals surface area contributed by atoms with Crippen LogP contribution in [0, 0.1) is 34.3 Å². The molecule has 0 aliphatic carbocycles. The first-order valence-corrected chi connectivity index (χ1v) is 24.3. The lowest BCUT2D eigenvalue weighted by atomic mass is 9.82. The Labute approximate surface area is 447 Å². The molecule has 4 aromatic rings. The van der Waals surface area contributed by atoms with E-state index in [2.05, 4.69) is 46.5 Å². The van der Waals surface area contributed by atoms with Crippen LogP contribution < -0.4 is 26.3 Å². The number of hydrogen-bond donors (Lipinski definition) is 5. The maximum Gasteiger partial charge on any atom is 0.407 e. The molecule has 1 unspecified atom stereocenters. The smallest absolute Gasteiger partial charge is 0.407 e. The lowest BCUT2D eigenvalue weighted by molar-refractivity contribution is -0.221. The third-order valence-corrected chi connectivity index (χ3v) is 13.7. The van der Waals surface area contributed by atoms with Crippen molar-refractivity contribution in [3.8, 4) is 23.1 Å². The topological polar surface area (TPSA) is 205 Å². The summed E-state index contributed by atoms with van der Waals surface area (Å²) in [7, 11) is 1.60. The number of aliphatic hydroxyl groups excluding tert-OH is 1. The Morgan fingerprint density at radius 2 is 1.39 bits per heavy atom. The number of pyridine rings is 1. The predicted octanol–water partition coefficient (Wildman–Crippen LogP) is 6.09. The van der Waals surface area contributed by atoms with Gasteiger partial charge in [0.15, 0.2) is 0 Å². The van der Waals surface area contributed by atoms with Crippen LogP contribution in [0.2, 0.25) is 0 Å². The summed E-state index contributed by atoms with van der Waals surface area (Å²) < 4.78 is 161. The number of hydrogen-bond acceptors (Lipinski definition) is 13. The molecular weight excluding hydrogens is 1070 g/mol. The van der Waals surface area contributed by atoms with E-state index in [1.165, 1.54) is 24.3 Å². The molecule has 2 aromatic carbocycles. The minimum absolute atomic E-state index is 0.197. The first-order valence-electron chi connectivity index (χ1n) is 24.3. The number of methoxy groups -OCH3 is 2. The standard InChI is InChI=1S/C51H58F10N10O8/c1-48(2,50(56,57)58)41(64-46(75)77-5)43(73)63-38(21-30-10-7-29(8-11-30)9-12-31-13-14-40(62-24-31)69-18-17-68-19-20-79-28-33(68)25-69)39(72)27-70(67-44(74)42(65-47(76)78-6)49(3,4)51(59,60)61)26-34-35(52)22-32(23-36(34)53)37-15-16-71(66-37)45(54)55/h7-8,10-11,13-16,22-24,33,38-39,41-42,45,72H,17-21,25-28H2,1-6H3,(H,63,73)(H,64,75)(H,65,76)(H,67,74)/t33-,38-,39-,41?,42+/m0/s1. The van der Waals surface area contributed by atoms with Gasteiger partial charge in [0, 0.05) is 73.9 Å². The summed E-state index contributed by atoms with van der Waals surface area (Å²) in [5.41, 5.74) is -4.46. The summed E-state index contributed by atoms with van der Waals surface area (Å²) in [6.45, 7) is 1.45. The lowest BCUT2D eigenvalue weighted by Crippen LogP contribution is -2.63. The van der Waals surface area contributed by atoms with E-state index in [0.717, 1.165) is 58.5 Å². The van der Waals surface area contributed by atoms with E-state index in [0.29, 0.717) is 69.2 Å². The summed E-state index contributed by atoms with van der Waals surface area (Å²) in [6.07, 6.45) is -13.6. The van der Waals surface area contributed by atoms with E-state index in [-0.39, 0.29) is 27.5 Å². The molecule has 4 amide bonds. The highest BCUT2D eigenvalue weighted by molar-refractivity contribution is 5.87. The Bertz CT molecular complexity index is 2820. The lowest BCUT2D eigenvalue weighted by Gasteiger charge is -2.44. The van der Waals surface area contributed by atoms with Crippen LogP contribution in [0.25, 0.3) is 11.3 Å². The fourth-order valence-corrected chi connectivity index (χ4v) is 8.52. The number of nitrogens with one attached hydrogen (secondary N) is 4. The number of fused-ring (bicyclic) bond motifs is 1. The van der Waals surface area contributed by atoms with Crippen LogP contribution in [-0.4, -0.2) is 157 Å². The van der Waals surface area contributed by atoms with E-state index in [1.54, 1.807) is 17.6 Å². The zero-order valence-electron chi connectivity index (χ0n) is 43.4. The molecule has 430 valence electrons. The number of hydrazine groups is 1. The number of aromatic nitrogens is 3. The minimum Gasteiger partial charge on any atom is -0.453 e. The van der Waals surface area contributed by atoms with Gasteiger partial charge in [0.25, 0.3) is 5.91 Å². The van der Waals surface area contributed by atoms with Crippen LogP contribution >= 0.6 is 0 Å². The molecule has 0 bridgehead atoms. The number of carbonyl (C=O) groups is 4. The van der Waals surface area contributed by atoms with Crippen molar-refractivity contribution in [2.75, 3.05) is 65.1 Å². The summed E-state index contributed by atoms with van der Waals surface area (Å²) in [4.78, 5) is 61.9. The van der Waals surface area contributed by atoms with Gasteiger partial charge < -0.3 is 40.2 Å². The number of alkyl carbamates (subject to hydrolysis) is 2. The van der Waals surface area contributed by atoms with E-state index in [9.17, 15) is 59.4 Å². The Morgan fingerprint density at radius 3 is 1.94 bits per heavy atom. The first kappa shape index (κ1) is 61.0. The number of alkyl halides is 8. The monoisotopic (exact) mass is 1130 g/mol. The average Bonchev–Trinajstić information content (AvgIpc) is 3.93. The zero-order valence-corrected chi connectivity index (χ0v) is 43.4. The van der Waals surface area contributed by atoms with E-state index in [4.69, 9.17) is 4.74 Å². The molecule has 4 heterocycles. The number of morpholine rings is 1. The molecule has 28 heteroatoms. The van der Waals surface area contributed by atoms with Gasteiger partial charge >= 0.3 is 31.1 Å². The number of piperazine rings is 1. The van der Waals surface area contributed by atoms with Crippen LogP contribution in [0.15, 0.2) is 67.0 Å². The van der Waals surface area contributed by atoms with Gasteiger partial charge in [-0.3, -0.25) is 19.9 Å². The molecule has 2 aliphatic rings. The number of rotatable bonds is 18. The highest BCUT2D eigenvalue weighted by Crippen LogP contribution is 2.42. The molecule has 2 aliphatic heterocycles. The summed E-state index contributed by atoms with van der Waals surface area (Å²) in [6, 6.07) is 5.47. The fourth-order valence-electron chi connectivity index (χ4n) is 8.52. The second-order valence-corrected chi connectivity index (χ2v) is 19.8. The van der Waals surface area contributed by atoms with Crippen LogP contribution in [0.1, 0.15) is 56.5 Å². The number of aliphatic hydroxyl groups is 1. The van der Waals surface area contributed by atoms with Gasteiger partial charge in [-0.15, -0.1) is 0 Å². The molecule has 6 rings (SSSR count). The third kappa shape index (κ3) is 15.1. The van der Waals surface area contributed by atoms with Crippen molar-refractivity contribution in [3.05, 3.63) is 101 Å². The Morgan fingerprint density at radius 1 is 0.810 bits per heavy atom. The maximum absolute atomic E-state index is 16.0. The number of amides is 4. The number of benzene rings is 2. The Balaban J connectivity index is 1.33. The molecule has 79 heavy (non-hydrogen) atoms. The first-order chi connectivity index (χ1) is 37.0. The number of halogens is 10. The minimum atomic E-state index is -5.23. The third-order valence-electron chi connectivity index (χ3n) is 13.7. The highest BCUT2D eigenvalue weighted by atomic mass is 19.4. The van der Waals surface area contributed by atoms with Gasteiger partial charge in [-0.25, -0.2) is 33.0 Å². The SMILES string of the molecule is COC(=O)NC(C(=O)N[C@@H](Cc1ccc(C#Cc2ccc(N3CCN4CCOC[C@@H]4C3)nc2)cc1)[C@@H](O)CN(Cc1c(F)cc(-c2ccn(C(F)F)n2)cc1F)NC(=O)[C@@H](NC(=O)OC)C(C)(C)C(F)(F)F)C(C)(C)C(F)(F)F. The van der Waals surface area contributed by atoms with Gasteiger partial charge in [0.05, 0.1) is 62.1 Å². The number of ether oxygens (including phenoxy) is 3. The van der Waals surface area contributed by atoms with Gasteiger partial charge in [-0.05, 0) is 82.1 Å². The summed E-state index contributed by atoms with van der Waals surface area (Å²) >= 11 is 0. The van der Waals surface area contributed by atoms with Gasteiger partial charge in [0.1, 0.15) is 29.5 Å². The van der Waals surface area contributed by atoms with Crippen LogP contribution in [-0.2, 0) is 36.8 Å². The van der Waals surface area contributed by atoms with E-state index >= 15 is 8.78 Å². The predicted molar refractivity (Wildman–Crippen MR) is 262 cm³/mol. The fraction of sp³-hybridized carbons (Fsp3) is 0.490. The molecule has 0 radical (unpaired) electrons. The molecule has 0 spiro atoms. The summed E-state index contributed by atoms with van der Waals surface area (Å²) in [5.74, 6) is 0.679. The van der Waals surface area contributed by atoms with Crippen LogP contribution in [0.3, 0.4) is 0 Å². The van der Waals surface area contributed by atoms with Crippen LogP contribution in [0.5, 0.6) is 0 Å². The molecule has 2 aromatic heterocycles.